The van der Waals surface area contributed by atoms with Gasteiger partial charge in [0.1, 0.15) is 36.3 Å². The minimum atomic E-state index is 0. The van der Waals surface area contributed by atoms with E-state index in [-0.39, 0.29) is 48.0 Å². The Kier molecular flexibility index (Phi) is 11.5. The van der Waals surface area contributed by atoms with Crippen molar-refractivity contribution in [3.63, 3.8) is 0 Å². The quantitative estimate of drug-likeness (QED) is 0.133. The molecule has 0 saturated carbocycles. The second-order valence-electron chi connectivity index (χ2n) is 6.51. The number of nitrogens with zero attached hydrogens (tertiary/aromatic N) is 4. The largest absolute Gasteiger partial charge is 1.00 e. The smallest absolute Gasteiger partial charge is 0.243 e. The lowest BCUT2D eigenvalue weighted by Gasteiger charge is -2.08. The Morgan fingerprint density at radius 2 is 1.11 bits per heavy atom. The van der Waals surface area contributed by atoms with Gasteiger partial charge in [-0.2, -0.15) is 0 Å². The van der Waals surface area contributed by atoms with Crippen molar-refractivity contribution in [3.05, 3.63) is 61.7 Å². The summed E-state index contributed by atoms with van der Waals surface area (Å²) in [6.45, 7) is 3.33. The summed E-state index contributed by atoms with van der Waals surface area (Å²) < 4.78 is 20.0. The summed E-state index contributed by atoms with van der Waals surface area (Å²) in [5, 5.41) is 0. The third kappa shape index (κ3) is 8.38. The summed E-state index contributed by atoms with van der Waals surface area (Å²) in [6.07, 6.45) is 14.3. The summed E-state index contributed by atoms with van der Waals surface area (Å²) in [4.78, 5) is 0. The number of imidazole rings is 2. The molecular weight excluding hydrogens is 582 g/mol. The average molecular weight is 610 g/mol. The fourth-order valence-corrected chi connectivity index (χ4v) is 2.77. The molecular formula is C20H28I2N4O2. The highest BCUT2D eigenvalue weighted by Crippen LogP contribution is 2.18. The Morgan fingerprint density at radius 3 is 1.43 bits per heavy atom. The van der Waals surface area contributed by atoms with Crippen LogP contribution in [0.3, 0.4) is 0 Å². The van der Waals surface area contributed by atoms with Crippen molar-refractivity contribution in [2.45, 2.75) is 25.9 Å². The van der Waals surface area contributed by atoms with Crippen molar-refractivity contribution in [1.29, 1.82) is 0 Å². The SMILES string of the molecule is C[n+]1ccn(CCCOc2ccc(OCCCn3cc[n+](C)c3)cc2)c1.[I-].[I-]. The number of halogens is 2. The van der Waals surface area contributed by atoms with Crippen molar-refractivity contribution < 1.29 is 66.6 Å². The number of aromatic nitrogens is 4. The van der Waals surface area contributed by atoms with Crippen LogP contribution in [0, 0.1) is 0 Å². The van der Waals surface area contributed by atoms with E-state index >= 15 is 0 Å². The van der Waals surface area contributed by atoms with Crippen LogP contribution in [0.4, 0.5) is 0 Å². The third-order valence-electron chi connectivity index (χ3n) is 4.13. The van der Waals surface area contributed by atoms with Crippen molar-refractivity contribution >= 4 is 0 Å². The highest BCUT2D eigenvalue weighted by Gasteiger charge is 2.02. The Hall–Kier alpha value is -1.30. The van der Waals surface area contributed by atoms with Crippen LogP contribution in [-0.2, 0) is 27.2 Å². The number of ether oxygens (including phenoxy) is 2. The van der Waals surface area contributed by atoms with Crippen LogP contribution < -0.4 is 66.6 Å². The molecule has 0 aliphatic carbocycles. The molecule has 3 rings (SSSR count). The Morgan fingerprint density at radius 1 is 0.714 bits per heavy atom. The van der Waals surface area contributed by atoms with Gasteiger partial charge < -0.3 is 57.4 Å². The molecule has 0 radical (unpaired) electrons. The molecule has 0 aliphatic heterocycles. The van der Waals surface area contributed by atoms with E-state index in [0.717, 1.165) is 37.4 Å². The first-order valence-electron chi connectivity index (χ1n) is 9.07. The zero-order valence-corrected chi connectivity index (χ0v) is 20.7. The predicted molar refractivity (Wildman–Crippen MR) is 97.9 cm³/mol. The van der Waals surface area contributed by atoms with Gasteiger partial charge in [0.25, 0.3) is 0 Å². The van der Waals surface area contributed by atoms with Crippen LogP contribution in [-0.4, -0.2) is 22.3 Å². The van der Waals surface area contributed by atoms with Crippen LogP contribution in [0.25, 0.3) is 0 Å². The van der Waals surface area contributed by atoms with Gasteiger partial charge in [0.05, 0.1) is 40.4 Å². The molecule has 2 aromatic heterocycles. The van der Waals surface area contributed by atoms with Gasteiger partial charge in [-0.15, -0.1) is 0 Å². The van der Waals surface area contributed by atoms with E-state index in [9.17, 15) is 0 Å². The molecule has 0 amide bonds. The fraction of sp³-hybridized carbons (Fsp3) is 0.400. The summed E-state index contributed by atoms with van der Waals surface area (Å²) in [7, 11) is 4.05. The maximum atomic E-state index is 5.79. The van der Waals surface area contributed by atoms with Crippen LogP contribution >= 0.6 is 0 Å². The summed E-state index contributed by atoms with van der Waals surface area (Å²) in [6, 6.07) is 7.88. The minimum absolute atomic E-state index is 0. The van der Waals surface area contributed by atoms with Crippen molar-refractivity contribution in [2.75, 3.05) is 13.2 Å². The monoisotopic (exact) mass is 610 g/mol. The summed E-state index contributed by atoms with van der Waals surface area (Å²) in [5.74, 6) is 1.77. The van der Waals surface area contributed by atoms with Gasteiger partial charge in [-0.25, -0.2) is 18.3 Å². The van der Waals surface area contributed by atoms with E-state index in [2.05, 4.69) is 34.2 Å². The number of hydrogen-bond acceptors (Lipinski definition) is 2. The minimum Gasteiger partial charge on any atom is -1.00 e. The maximum absolute atomic E-state index is 5.79. The van der Waals surface area contributed by atoms with Crippen LogP contribution in [0.15, 0.2) is 61.7 Å². The van der Waals surface area contributed by atoms with Gasteiger partial charge in [-0.05, 0) is 24.3 Å². The zero-order chi connectivity index (χ0) is 18.2. The lowest BCUT2D eigenvalue weighted by atomic mass is 10.3. The summed E-state index contributed by atoms with van der Waals surface area (Å²) in [5.41, 5.74) is 0. The first-order chi connectivity index (χ1) is 12.7. The first-order valence-corrected chi connectivity index (χ1v) is 9.07. The Balaban J connectivity index is 0.00000196. The van der Waals surface area contributed by atoms with E-state index in [1.54, 1.807) is 0 Å². The zero-order valence-electron chi connectivity index (χ0n) is 16.4. The number of rotatable bonds is 10. The summed E-state index contributed by atoms with van der Waals surface area (Å²) >= 11 is 0. The molecule has 8 heteroatoms. The number of aryl methyl sites for hydroxylation is 4. The van der Waals surface area contributed by atoms with Crippen molar-refractivity contribution in [2.24, 2.45) is 14.1 Å². The van der Waals surface area contributed by atoms with Gasteiger partial charge >= 0.3 is 0 Å². The Labute approximate surface area is 201 Å². The van der Waals surface area contributed by atoms with Gasteiger partial charge in [0, 0.05) is 12.8 Å². The van der Waals surface area contributed by atoms with E-state index in [4.69, 9.17) is 9.47 Å². The molecule has 0 saturated heterocycles. The molecule has 0 atom stereocenters. The average Bonchev–Trinajstić information content (AvgIpc) is 3.25. The second-order valence-corrected chi connectivity index (χ2v) is 6.51. The Bertz CT molecular complexity index is 735. The van der Waals surface area contributed by atoms with Crippen molar-refractivity contribution in [3.8, 4) is 11.5 Å². The molecule has 0 bridgehead atoms. The molecule has 0 N–H and O–H groups in total. The van der Waals surface area contributed by atoms with E-state index in [1.165, 1.54) is 0 Å². The lowest BCUT2D eigenvalue weighted by molar-refractivity contribution is -0.671. The standard InChI is InChI=1S/C20H28N4O2.2HI/c1-21-11-13-23(17-21)9-3-15-25-19-5-7-20(8-6-19)26-16-4-10-24-14-12-22(2)18-24;;/h5-8,11-14,17-18H,3-4,9-10,15-16H2,1-2H3;2*1H/q+2;;/p-2. The van der Waals surface area contributed by atoms with Crippen LogP contribution in [0.1, 0.15) is 12.8 Å². The van der Waals surface area contributed by atoms with Crippen LogP contribution in [0.2, 0.25) is 0 Å². The number of hydrogen-bond donors (Lipinski definition) is 0. The van der Waals surface area contributed by atoms with E-state index in [0.29, 0.717) is 13.2 Å². The molecule has 0 unspecified atom stereocenters. The van der Waals surface area contributed by atoms with E-state index < -0.39 is 0 Å². The molecule has 3 aromatic rings. The first kappa shape index (κ1) is 24.7. The molecule has 2 heterocycles. The van der Waals surface area contributed by atoms with Gasteiger partial charge in [0.2, 0.25) is 12.7 Å². The highest BCUT2D eigenvalue weighted by molar-refractivity contribution is 5.31. The lowest BCUT2D eigenvalue weighted by Crippen LogP contribution is -3.00. The fourth-order valence-electron chi connectivity index (χ4n) is 2.77. The van der Waals surface area contributed by atoms with Crippen LogP contribution in [0.5, 0.6) is 11.5 Å². The number of benzene rings is 1. The predicted octanol–water partition coefficient (Wildman–Crippen LogP) is -4.12. The molecule has 1 aromatic carbocycles. The molecule has 0 spiro atoms. The molecule has 0 aliphatic rings. The second kappa shape index (κ2) is 13.0. The molecule has 154 valence electrons. The third-order valence-corrected chi connectivity index (χ3v) is 4.13. The molecule has 28 heavy (non-hydrogen) atoms. The van der Waals surface area contributed by atoms with Gasteiger partial charge in [-0.1, -0.05) is 0 Å². The van der Waals surface area contributed by atoms with E-state index in [1.807, 2.05) is 59.9 Å². The normalized spacial score (nSPS) is 10.1. The topological polar surface area (TPSA) is 36.1 Å². The molecule has 6 nitrogen and oxygen atoms in total. The van der Waals surface area contributed by atoms with Crippen molar-refractivity contribution in [1.82, 2.24) is 9.13 Å². The van der Waals surface area contributed by atoms with Gasteiger partial charge in [0.15, 0.2) is 0 Å². The van der Waals surface area contributed by atoms with Gasteiger partial charge in [-0.3, -0.25) is 0 Å². The molecule has 0 fully saturated rings. The maximum Gasteiger partial charge on any atom is 0.243 e. The highest BCUT2D eigenvalue weighted by atomic mass is 127.